The van der Waals surface area contributed by atoms with Crippen LogP contribution in [0.2, 0.25) is 0 Å². The molecule has 0 saturated carbocycles. The molecular formula is C14H22N2O2. The number of likely N-dealkylation sites (N-methyl/N-ethyl adjacent to an activating group) is 1. The second-order valence-electron chi connectivity index (χ2n) is 4.18. The van der Waals surface area contributed by atoms with Crippen LogP contribution in [-0.2, 0) is 4.79 Å². The maximum Gasteiger partial charge on any atom is 0.238 e. The third-order valence-corrected chi connectivity index (χ3v) is 2.41. The van der Waals surface area contributed by atoms with Gasteiger partial charge in [-0.15, -0.1) is 0 Å². The van der Waals surface area contributed by atoms with E-state index in [1.807, 2.05) is 32.0 Å². The summed E-state index contributed by atoms with van der Waals surface area (Å²) < 4.78 is 5.64. The van der Waals surface area contributed by atoms with Gasteiger partial charge in [-0.25, -0.2) is 0 Å². The molecule has 0 fully saturated rings. The molecule has 0 heterocycles. The lowest BCUT2D eigenvalue weighted by molar-refractivity contribution is -0.115. The third-order valence-electron chi connectivity index (χ3n) is 2.41. The van der Waals surface area contributed by atoms with Gasteiger partial charge in [0.25, 0.3) is 0 Å². The Morgan fingerprint density at radius 1 is 1.33 bits per heavy atom. The number of hydrogen-bond acceptors (Lipinski definition) is 3. The molecule has 0 aliphatic heterocycles. The molecule has 0 bridgehead atoms. The van der Waals surface area contributed by atoms with Crippen molar-refractivity contribution in [2.45, 2.75) is 27.2 Å². The van der Waals surface area contributed by atoms with Gasteiger partial charge in [0, 0.05) is 0 Å². The zero-order valence-electron chi connectivity index (χ0n) is 11.4. The van der Waals surface area contributed by atoms with Crippen LogP contribution in [0.3, 0.4) is 0 Å². The predicted molar refractivity (Wildman–Crippen MR) is 74.1 cm³/mol. The maximum atomic E-state index is 11.7. The molecule has 0 aliphatic carbocycles. The molecule has 1 aromatic rings. The predicted octanol–water partition coefficient (Wildman–Crippen LogP) is 2.33. The summed E-state index contributed by atoms with van der Waals surface area (Å²) in [6.07, 6.45) is 0.943. The van der Waals surface area contributed by atoms with E-state index in [1.165, 1.54) is 0 Å². The fourth-order valence-electron chi connectivity index (χ4n) is 1.50. The molecule has 4 nitrogen and oxygen atoms in total. The first kappa shape index (κ1) is 14.5. The molecule has 0 spiro atoms. The zero-order valence-corrected chi connectivity index (χ0v) is 11.4. The van der Waals surface area contributed by atoms with E-state index in [1.54, 1.807) is 0 Å². The number of amides is 1. The summed E-state index contributed by atoms with van der Waals surface area (Å²) in [7, 11) is 0. The molecule has 1 aromatic carbocycles. The van der Waals surface area contributed by atoms with E-state index in [-0.39, 0.29) is 5.91 Å². The van der Waals surface area contributed by atoms with Crippen LogP contribution in [0.5, 0.6) is 5.75 Å². The van der Waals surface area contributed by atoms with Gasteiger partial charge in [-0.3, -0.25) is 4.79 Å². The van der Waals surface area contributed by atoms with E-state index in [9.17, 15) is 4.79 Å². The Labute approximate surface area is 109 Å². The second kappa shape index (κ2) is 7.71. The smallest absolute Gasteiger partial charge is 0.238 e. The Balaban J connectivity index is 2.70. The van der Waals surface area contributed by atoms with E-state index in [0.29, 0.717) is 13.2 Å². The van der Waals surface area contributed by atoms with Crippen molar-refractivity contribution in [3.63, 3.8) is 0 Å². The summed E-state index contributed by atoms with van der Waals surface area (Å²) in [6, 6.07) is 5.78. The number of carbonyl (C=O) groups is 1. The quantitative estimate of drug-likeness (QED) is 0.781. The second-order valence-corrected chi connectivity index (χ2v) is 4.18. The van der Waals surface area contributed by atoms with Gasteiger partial charge >= 0.3 is 0 Å². The first-order valence-electron chi connectivity index (χ1n) is 6.41. The average molecular weight is 250 g/mol. The molecule has 18 heavy (non-hydrogen) atoms. The Morgan fingerprint density at radius 2 is 2.11 bits per heavy atom. The van der Waals surface area contributed by atoms with Crippen LogP contribution in [0.4, 0.5) is 5.69 Å². The molecule has 0 aromatic heterocycles. The third kappa shape index (κ3) is 4.75. The minimum atomic E-state index is -0.0537. The molecule has 1 amide bonds. The molecule has 0 saturated heterocycles. The van der Waals surface area contributed by atoms with Crippen LogP contribution < -0.4 is 15.4 Å². The maximum absolute atomic E-state index is 11.7. The van der Waals surface area contributed by atoms with Crippen LogP contribution in [0.1, 0.15) is 25.8 Å². The summed E-state index contributed by atoms with van der Waals surface area (Å²) >= 11 is 0. The first-order valence-corrected chi connectivity index (χ1v) is 6.41. The normalized spacial score (nSPS) is 10.2. The minimum absolute atomic E-state index is 0.0537. The van der Waals surface area contributed by atoms with Gasteiger partial charge in [0.05, 0.1) is 18.8 Å². The van der Waals surface area contributed by atoms with Gasteiger partial charge in [-0.2, -0.15) is 0 Å². The van der Waals surface area contributed by atoms with Crippen molar-refractivity contribution in [1.29, 1.82) is 0 Å². The van der Waals surface area contributed by atoms with Crippen molar-refractivity contribution >= 4 is 11.6 Å². The molecule has 0 atom stereocenters. The lowest BCUT2D eigenvalue weighted by atomic mass is 10.2. The van der Waals surface area contributed by atoms with Gasteiger partial charge in [-0.1, -0.05) is 19.9 Å². The molecule has 1 rings (SSSR count). The topological polar surface area (TPSA) is 50.4 Å². The van der Waals surface area contributed by atoms with Crippen LogP contribution in [0.25, 0.3) is 0 Å². The lowest BCUT2D eigenvalue weighted by Crippen LogP contribution is -2.27. The monoisotopic (exact) mass is 250 g/mol. The molecule has 0 unspecified atom stereocenters. The Morgan fingerprint density at radius 3 is 2.78 bits per heavy atom. The molecule has 2 N–H and O–H groups in total. The SMILES string of the molecule is CCCOc1cc(C)ccc1NC(=O)CNCC. The number of hydrogen-bond donors (Lipinski definition) is 2. The highest BCUT2D eigenvalue weighted by molar-refractivity contribution is 5.93. The molecular weight excluding hydrogens is 228 g/mol. The highest BCUT2D eigenvalue weighted by atomic mass is 16.5. The van der Waals surface area contributed by atoms with Crippen LogP contribution in [0, 0.1) is 6.92 Å². The zero-order chi connectivity index (χ0) is 13.4. The molecule has 0 aliphatic rings. The minimum Gasteiger partial charge on any atom is -0.491 e. The number of aryl methyl sites for hydroxylation is 1. The van der Waals surface area contributed by atoms with Gasteiger partial charge in [-0.05, 0) is 37.6 Å². The van der Waals surface area contributed by atoms with Gasteiger partial charge in [0.2, 0.25) is 5.91 Å². The number of benzene rings is 1. The highest BCUT2D eigenvalue weighted by Crippen LogP contribution is 2.25. The number of nitrogens with one attached hydrogen (secondary N) is 2. The van der Waals surface area contributed by atoms with Gasteiger partial charge in [0.1, 0.15) is 5.75 Å². The summed E-state index contributed by atoms with van der Waals surface area (Å²) in [6.45, 7) is 7.77. The Kier molecular flexibility index (Phi) is 6.22. The first-order chi connectivity index (χ1) is 8.67. The fourth-order valence-corrected chi connectivity index (χ4v) is 1.50. The molecule has 0 radical (unpaired) electrons. The molecule has 100 valence electrons. The summed E-state index contributed by atoms with van der Waals surface area (Å²) in [5, 5.41) is 5.84. The Bertz CT molecular complexity index is 391. The van der Waals surface area contributed by atoms with E-state index < -0.39 is 0 Å². The van der Waals surface area contributed by atoms with E-state index in [4.69, 9.17) is 4.74 Å². The Hall–Kier alpha value is -1.55. The molecule has 4 heteroatoms. The summed E-state index contributed by atoms with van der Waals surface area (Å²) in [4.78, 5) is 11.7. The van der Waals surface area contributed by atoms with Crippen LogP contribution >= 0.6 is 0 Å². The lowest BCUT2D eigenvalue weighted by Gasteiger charge is -2.13. The standard InChI is InChI=1S/C14H22N2O2/c1-4-8-18-13-9-11(3)6-7-12(13)16-14(17)10-15-5-2/h6-7,9,15H,4-5,8,10H2,1-3H3,(H,16,17). The number of rotatable bonds is 7. The van der Waals surface area contributed by atoms with E-state index in [2.05, 4.69) is 17.6 Å². The van der Waals surface area contributed by atoms with Crippen molar-refractivity contribution in [3.8, 4) is 5.75 Å². The summed E-state index contributed by atoms with van der Waals surface area (Å²) in [5.74, 6) is 0.684. The van der Waals surface area contributed by atoms with E-state index >= 15 is 0 Å². The van der Waals surface area contributed by atoms with Crippen LogP contribution in [0.15, 0.2) is 18.2 Å². The van der Waals surface area contributed by atoms with Crippen molar-refractivity contribution in [1.82, 2.24) is 5.32 Å². The largest absolute Gasteiger partial charge is 0.491 e. The van der Waals surface area contributed by atoms with Crippen molar-refractivity contribution in [2.75, 3.05) is 25.0 Å². The van der Waals surface area contributed by atoms with Crippen molar-refractivity contribution in [2.24, 2.45) is 0 Å². The number of anilines is 1. The van der Waals surface area contributed by atoms with E-state index in [0.717, 1.165) is 30.0 Å². The van der Waals surface area contributed by atoms with Crippen molar-refractivity contribution in [3.05, 3.63) is 23.8 Å². The fraction of sp³-hybridized carbons (Fsp3) is 0.500. The van der Waals surface area contributed by atoms with Gasteiger partial charge < -0.3 is 15.4 Å². The average Bonchev–Trinajstić information content (AvgIpc) is 2.36. The van der Waals surface area contributed by atoms with Crippen LogP contribution in [-0.4, -0.2) is 25.6 Å². The number of carbonyl (C=O) groups excluding carboxylic acids is 1. The highest BCUT2D eigenvalue weighted by Gasteiger charge is 2.07. The number of ether oxygens (including phenoxy) is 1. The summed E-state index contributed by atoms with van der Waals surface area (Å²) in [5.41, 5.74) is 1.85. The van der Waals surface area contributed by atoms with Gasteiger partial charge in [0.15, 0.2) is 0 Å². The van der Waals surface area contributed by atoms with Crippen molar-refractivity contribution < 1.29 is 9.53 Å².